The SMILES string of the molecule is CC=C1/C=C\C=C/C(=N)C2=C(F)C=C(F)CC12.CCCC. The van der Waals surface area contributed by atoms with Crippen molar-refractivity contribution in [1.29, 1.82) is 5.41 Å². The van der Waals surface area contributed by atoms with Crippen molar-refractivity contribution in [1.82, 2.24) is 0 Å². The van der Waals surface area contributed by atoms with Gasteiger partial charge in [-0.3, -0.25) is 0 Å². The van der Waals surface area contributed by atoms with E-state index in [-0.39, 0.29) is 17.7 Å². The smallest absolute Gasteiger partial charge is 0.131 e. The largest absolute Gasteiger partial charge is 0.300 e. The third-order valence-electron chi connectivity index (χ3n) is 3.48. The maximum absolute atomic E-state index is 13.8. The van der Waals surface area contributed by atoms with Gasteiger partial charge in [0.25, 0.3) is 0 Å². The summed E-state index contributed by atoms with van der Waals surface area (Å²) in [5, 5.41) is 7.81. The first-order valence-electron chi connectivity index (χ1n) is 7.40. The summed E-state index contributed by atoms with van der Waals surface area (Å²) in [6.07, 6.45) is 12.3. The van der Waals surface area contributed by atoms with E-state index in [1.165, 1.54) is 18.9 Å². The molecule has 1 N–H and O–H groups in total. The van der Waals surface area contributed by atoms with Crippen molar-refractivity contribution >= 4 is 5.71 Å². The fourth-order valence-corrected chi connectivity index (χ4v) is 2.16. The van der Waals surface area contributed by atoms with E-state index in [1.54, 1.807) is 12.2 Å². The van der Waals surface area contributed by atoms with Gasteiger partial charge in [0.05, 0.1) is 5.71 Å². The van der Waals surface area contributed by atoms with Gasteiger partial charge in [-0.25, -0.2) is 8.78 Å². The number of allylic oxidation sites excluding steroid dienone is 10. The summed E-state index contributed by atoms with van der Waals surface area (Å²) in [5.41, 5.74) is 1.23. The Morgan fingerprint density at radius 3 is 2.38 bits per heavy atom. The van der Waals surface area contributed by atoms with E-state index in [0.29, 0.717) is 0 Å². The predicted molar refractivity (Wildman–Crippen MR) is 85.8 cm³/mol. The molecule has 0 saturated carbocycles. The van der Waals surface area contributed by atoms with Crippen molar-refractivity contribution in [3.05, 3.63) is 59.3 Å². The fourth-order valence-electron chi connectivity index (χ4n) is 2.16. The molecule has 114 valence electrons. The van der Waals surface area contributed by atoms with Gasteiger partial charge in [-0.05, 0) is 18.6 Å². The normalized spacial score (nSPS) is 26.1. The second-order valence-corrected chi connectivity index (χ2v) is 5.03. The van der Waals surface area contributed by atoms with Crippen LogP contribution in [0.15, 0.2) is 59.3 Å². The number of nitrogens with one attached hydrogen (secondary N) is 1. The van der Waals surface area contributed by atoms with E-state index in [2.05, 4.69) is 13.8 Å². The Kier molecular flexibility index (Phi) is 7.00. The van der Waals surface area contributed by atoms with Crippen molar-refractivity contribution in [3.63, 3.8) is 0 Å². The lowest BCUT2D eigenvalue weighted by Crippen LogP contribution is -2.18. The zero-order chi connectivity index (χ0) is 15.8. The molecular weight excluding hydrogens is 268 g/mol. The highest BCUT2D eigenvalue weighted by molar-refractivity contribution is 6.08. The molecular formula is C18H23F2N. The van der Waals surface area contributed by atoms with Gasteiger partial charge < -0.3 is 5.41 Å². The van der Waals surface area contributed by atoms with Gasteiger partial charge in [-0.15, -0.1) is 0 Å². The van der Waals surface area contributed by atoms with Crippen LogP contribution in [0.3, 0.4) is 0 Å². The molecule has 0 aliphatic heterocycles. The van der Waals surface area contributed by atoms with Crippen LogP contribution in [0.5, 0.6) is 0 Å². The van der Waals surface area contributed by atoms with Gasteiger partial charge in [0.15, 0.2) is 0 Å². The first-order chi connectivity index (χ1) is 10.0. The van der Waals surface area contributed by atoms with Gasteiger partial charge in [0.2, 0.25) is 0 Å². The number of hydrogen-bond acceptors (Lipinski definition) is 1. The molecule has 0 radical (unpaired) electrons. The highest BCUT2D eigenvalue weighted by Gasteiger charge is 2.28. The zero-order valence-corrected chi connectivity index (χ0v) is 12.9. The standard InChI is InChI=1S/C14H13F2N.C4H10/c1-2-9-5-3-4-6-13(17)14-11(9)7-10(15)8-12(14)16;1-3-4-2/h2-6,8,11,17H,7H2,1H3;3-4H2,1-2H3/b5-3-,6-4-,9-2?,17-13?;. The Morgan fingerprint density at radius 1 is 1.19 bits per heavy atom. The molecule has 21 heavy (non-hydrogen) atoms. The van der Waals surface area contributed by atoms with Crippen molar-refractivity contribution in [2.75, 3.05) is 0 Å². The molecule has 0 bridgehead atoms. The topological polar surface area (TPSA) is 23.9 Å². The third kappa shape index (κ3) is 4.62. The van der Waals surface area contributed by atoms with Crippen LogP contribution >= 0.6 is 0 Å². The van der Waals surface area contributed by atoms with E-state index >= 15 is 0 Å². The average molecular weight is 291 g/mol. The molecule has 0 amide bonds. The molecule has 0 spiro atoms. The quantitative estimate of drug-likeness (QED) is 0.614. The number of hydrogen-bond donors (Lipinski definition) is 1. The third-order valence-corrected chi connectivity index (χ3v) is 3.48. The maximum atomic E-state index is 13.8. The first-order valence-corrected chi connectivity index (χ1v) is 7.40. The maximum Gasteiger partial charge on any atom is 0.131 e. The van der Waals surface area contributed by atoms with Crippen LogP contribution in [0, 0.1) is 11.3 Å². The second kappa shape index (κ2) is 8.50. The minimum Gasteiger partial charge on any atom is -0.300 e. The van der Waals surface area contributed by atoms with Gasteiger partial charge in [-0.2, -0.15) is 0 Å². The molecule has 2 aliphatic carbocycles. The van der Waals surface area contributed by atoms with Crippen LogP contribution in [-0.2, 0) is 0 Å². The predicted octanol–water partition coefficient (Wildman–Crippen LogP) is 5.98. The molecule has 0 aromatic heterocycles. The lowest BCUT2D eigenvalue weighted by molar-refractivity contribution is 0.512. The average Bonchev–Trinajstić information content (AvgIpc) is 2.44. The van der Waals surface area contributed by atoms with E-state index in [4.69, 9.17) is 5.41 Å². The molecule has 0 aromatic carbocycles. The number of unbranched alkanes of at least 4 members (excludes halogenated alkanes) is 1. The zero-order valence-electron chi connectivity index (χ0n) is 12.9. The Hall–Kier alpha value is -1.77. The summed E-state index contributed by atoms with van der Waals surface area (Å²) < 4.78 is 27.1. The molecule has 3 heteroatoms. The Bertz CT molecular complexity index is 531. The molecule has 0 fully saturated rings. The van der Waals surface area contributed by atoms with Crippen LogP contribution in [-0.4, -0.2) is 5.71 Å². The van der Waals surface area contributed by atoms with E-state index in [9.17, 15) is 8.78 Å². The van der Waals surface area contributed by atoms with Gasteiger partial charge >= 0.3 is 0 Å². The Labute approximate surface area is 126 Å². The summed E-state index contributed by atoms with van der Waals surface area (Å²) in [7, 11) is 0. The summed E-state index contributed by atoms with van der Waals surface area (Å²) in [6, 6.07) is 0. The van der Waals surface area contributed by atoms with Crippen LogP contribution in [0.2, 0.25) is 0 Å². The van der Waals surface area contributed by atoms with E-state index in [0.717, 1.165) is 11.6 Å². The molecule has 0 saturated heterocycles. The first kappa shape index (κ1) is 17.3. The Morgan fingerprint density at radius 2 is 1.81 bits per heavy atom. The monoisotopic (exact) mass is 291 g/mol. The van der Waals surface area contributed by atoms with Gasteiger partial charge in [0.1, 0.15) is 11.7 Å². The Balaban J connectivity index is 0.000000491. The van der Waals surface area contributed by atoms with Crippen molar-refractivity contribution in [2.45, 2.75) is 40.0 Å². The minimum atomic E-state index is -0.636. The number of halogens is 2. The summed E-state index contributed by atoms with van der Waals surface area (Å²) in [6.45, 7) is 6.19. The number of rotatable bonds is 1. The summed E-state index contributed by atoms with van der Waals surface area (Å²) in [4.78, 5) is 0. The van der Waals surface area contributed by atoms with Crippen molar-refractivity contribution < 1.29 is 8.78 Å². The molecule has 1 atom stereocenters. The molecule has 0 aromatic rings. The van der Waals surface area contributed by atoms with Crippen LogP contribution < -0.4 is 0 Å². The molecule has 1 nitrogen and oxygen atoms in total. The van der Waals surface area contributed by atoms with E-state index in [1.807, 2.05) is 19.1 Å². The van der Waals surface area contributed by atoms with Crippen molar-refractivity contribution in [2.24, 2.45) is 5.92 Å². The van der Waals surface area contributed by atoms with Crippen molar-refractivity contribution in [3.8, 4) is 0 Å². The highest BCUT2D eigenvalue weighted by Crippen LogP contribution is 2.37. The molecule has 0 heterocycles. The lowest BCUT2D eigenvalue weighted by Gasteiger charge is -2.25. The molecule has 1 unspecified atom stereocenters. The van der Waals surface area contributed by atoms with E-state index < -0.39 is 17.6 Å². The van der Waals surface area contributed by atoms with Gasteiger partial charge in [-0.1, -0.05) is 51.0 Å². The number of fused-ring (bicyclic) bond motifs is 1. The van der Waals surface area contributed by atoms with Crippen LogP contribution in [0.25, 0.3) is 0 Å². The minimum absolute atomic E-state index is 0.111. The molecule has 2 aliphatic rings. The lowest BCUT2D eigenvalue weighted by atomic mass is 9.80. The highest BCUT2D eigenvalue weighted by atomic mass is 19.1. The fraction of sp³-hybridized carbons (Fsp3) is 0.389. The van der Waals surface area contributed by atoms with Crippen LogP contribution in [0.1, 0.15) is 40.0 Å². The second-order valence-electron chi connectivity index (χ2n) is 5.03. The summed E-state index contributed by atoms with van der Waals surface area (Å²) in [5.74, 6) is -1.50. The van der Waals surface area contributed by atoms with Gasteiger partial charge in [0, 0.05) is 24.0 Å². The molecule has 2 rings (SSSR count). The van der Waals surface area contributed by atoms with Crippen LogP contribution in [0.4, 0.5) is 8.78 Å². The summed E-state index contributed by atoms with van der Waals surface area (Å²) >= 11 is 0.